The van der Waals surface area contributed by atoms with Crippen LogP contribution >= 0.6 is 11.6 Å². The topological polar surface area (TPSA) is 75.7 Å². The lowest BCUT2D eigenvalue weighted by molar-refractivity contribution is 0.102. The number of carbonyl (C=O) groups is 1. The molecule has 8 heteroatoms. The molecule has 37 heavy (non-hydrogen) atoms. The molecular weight excluding hydrogens is 508 g/mol. The van der Waals surface area contributed by atoms with Gasteiger partial charge in [-0.15, -0.1) is 0 Å². The van der Waals surface area contributed by atoms with E-state index < -0.39 is 10.0 Å². The van der Waals surface area contributed by atoms with E-state index in [2.05, 4.69) is 5.32 Å². The zero-order valence-electron chi connectivity index (χ0n) is 20.7. The summed E-state index contributed by atoms with van der Waals surface area (Å²) in [5.41, 5.74) is 4.28. The van der Waals surface area contributed by atoms with Gasteiger partial charge in [-0.1, -0.05) is 48.0 Å². The number of para-hydroxylation sites is 1. The fourth-order valence-electron chi connectivity index (χ4n) is 3.71. The van der Waals surface area contributed by atoms with Gasteiger partial charge in [0.15, 0.2) is 5.75 Å². The molecule has 0 heterocycles. The fourth-order valence-corrected chi connectivity index (χ4v) is 4.76. The molecule has 0 spiro atoms. The van der Waals surface area contributed by atoms with Gasteiger partial charge in [-0.2, -0.15) is 0 Å². The van der Waals surface area contributed by atoms with Crippen molar-refractivity contribution >= 4 is 38.9 Å². The molecular formula is C29H27ClN2O4S. The number of aryl methyl sites for hydroxylation is 2. The summed E-state index contributed by atoms with van der Waals surface area (Å²) in [6.45, 7) is 4.07. The van der Waals surface area contributed by atoms with Crippen molar-refractivity contribution in [1.82, 2.24) is 0 Å². The SMILES string of the molecule is Cc1ccc(N(Cc2ccc(C(=O)Nc3cc(Cl)ccc3Oc3ccccc3)cc2)S(C)(=O)=O)cc1C. The van der Waals surface area contributed by atoms with E-state index >= 15 is 0 Å². The minimum atomic E-state index is -3.52. The molecule has 190 valence electrons. The average molecular weight is 535 g/mol. The number of anilines is 2. The minimum Gasteiger partial charge on any atom is -0.455 e. The summed E-state index contributed by atoms with van der Waals surface area (Å²) in [5, 5.41) is 3.31. The molecule has 0 unspecified atom stereocenters. The van der Waals surface area contributed by atoms with Gasteiger partial charge in [-0.05, 0) is 85.1 Å². The van der Waals surface area contributed by atoms with Crippen molar-refractivity contribution in [1.29, 1.82) is 0 Å². The van der Waals surface area contributed by atoms with E-state index in [9.17, 15) is 13.2 Å². The number of amides is 1. The van der Waals surface area contributed by atoms with Crippen LogP contribution < -0.4 is 14.4 Å². The Balaban J connectivity index is 1.52. The highest BCUT2D eigenvalue weighted by Crippen LogP contribution is 2.32. The molecule has 4 aromatic carbocycles. The van der Waals surface area contributed by atoms with E-state index in [0.717, 1.165) is 16.7 Å². The quantitative estimate of drug-likeness (QED) is 0.265. The number of nitrogens with one attached hydrogen (secondary N) is 1. The van der Waals surface area contributed by atoms with Crippen LogP contribution in [-0.2, 0) is 16.6 Å². The van der Waals surface area contributed by atoms with Gasteiger partial charge in [0.1, 0.15) is 5.75 Å². The van der Waals surface area contributed by atoms with Gasteiger partial charge in [-0.25, -0.2) is 8.42 Å². The van der Waals surface area contributed by atoms with Crippen molar-refractivity contribution < 1.29 is 17.9 Å². The van der Waals surface area contributed by atoms with E-state index in [0.29, 0.717) is 33.5 Å². The summed E-state index contributed by atoms with van der Waals surface area (Å²) in [6.07, 6.45) is 1.18. The zero-order valence-corrected chi connectivity index (χ0v) is 22.3. The Morgan fingerprint density at radius 2 is 1.59 bits per heavy atom. The van der Waals surface area contributed by atoms with Crippen LogP contribution in [0.15, 0.2) is 91.0 Å². The Labute approximate surface area is 222 Å². The molecule has 0 aromatic heterocycles. The molecule has 4 aromatic rings. The smallest absolute Gasteiger partial charge is 0.255 e. The molecule has 0 fully saturated rings. The van der Waals surface area contributed by atoms with E-state index in [1.165, 1.54) is 10.6 Å². The Morgan fingerprint density at radius 1 is 0.892 bits per heavy atom. The second-order valence-corrected chi connectivity index (χ2v) is 11.1. The van der Waals surface area contributed by atoms with Crippen molar-refractivity contribution in [2.45, 2.75) is 20.4 Å². The first-order valence-corrected chi connectivity index (χ1v) is 13.8. The number of hydrogen-bond donors (Lipinski definition) is 1. The second kappa shape index (κ2) is 11.1. The zero-order chi connectivity index (χ0) is 26.6. The first-order chi connectivity index (χ1) is 17.6. The molecule has 0 aliphatic carbocycles. The highest BCUT2D eigenvalue weighted by molar-refractivity contribution is 7.92. The van der Waals surface area contributed by atoms with Gasteiger partial charge in [0, 0.05) is 10.6 Å². The highest BCUT2D eigenvalue weighted by atomic mass is 35.5. The van der Waals surface area contributed by atoms with Crippen molar-refractivity contribution in [3.8, 4) is 11.5 Å². The van der Waals surface area contributed by atoms with E-state index in [1.54, 1.807) is 48.5 Å². The molecule has 0 bridgehead atoms. The molecule has 0 saturated carbocycles. The third-order valence-corrected chi connectivity index (χ3v) is 7.26. The first kappa shape index (κ1) is 26.3. The average Bonchev–Trinajstić information content (AvgIpc) is 2.86. The van der Waals surface area contributed by atoms with E-state index in [4.69, 9.17) is 16.3 Å². The lowest BCUT2D eigenvalue weighted by Gasteiger charge is -2.23. The Bertz CT molecular complexity index is 1520. The number of hydrogen-bond acceptors (Lipinski definition) is 4. The maximum Gasteiger partial charge on any atom is 0.255 e. The molecule has 0 aliphatic heterocycles. The number of halogens is 1. The van der Waals surface area contributed by atoms with Crippen LogP contribution in [0.25, 0.3) is 0 Å². The van der Waals surface area contributed by atoms with Crippen LogP contribution in [0.2, 0.25) is 5.02 Å². The van der Waals surface area contributed by atoms with E-state index in [1.807, 2.05) is 56.3 Å². The van der Waals surface area contributed by atoms with Gasteiger partial charge in [-0.3, -0.25) is 9.10 Å². The van der Waals surface area contributed by atoms with E-state index in [-0.39, 0.29) is 12.5 Å². The number of benzene rings is 4. The van der Waals surface area contributed by atoms with Crippen LogP contribution in [0.1, 0.15) is 27.0 Å². The summed E-state index contributed by atoms with van der Waals surface area (Å²) in [7, 11) is -3.52. The van der Waals surface area contributed by atoms with Gasteiger partial charge in [0.05, 0.1) is 24.2 Å². The maximum atomic E-state index is 13.0. The normalized spacial score (nSPS) is 11.1. The Morgan fingerprint density at radius 3 is 2.24 bits per heavy atom. The van der Waals surface area contributed by atoms with Crippen LogP contribution in [0.3, 0.4) is 0 Å². The molecule has 0 saturated heterocycles. The Hall–Kier alpha value is -3.81. The summed E-state index contributed by atoms with van der Waals surface area (Å²) >= 11 is 6.16. The summed E-state index contributed by atoms with van der Waals surface area (Å²) < 4.78 is 32.4. The number of ether oxygens (including phenoxy) is 1. The molecule has 4 rings (SSSR count). The Kier molecular flexibility index (Phi) is 7.86. The second-order valence-electron chi connectivity index (χ2n) is 8.74. The predicted molar refractivity (Wildman–Crippen MR) is 149 cm³/mol. The predicted octanol–water partition coefficient (Wildman–Crippen LogP) is 6.97. The van der Waals surface area contributed by atoms with Gasteiger partial charge in [0.2, 0.25) is 10.0 Å². The molecule has 0 radical (unpaired) electrons. The minimum absolute atomic E-state index is 0.145. The third kappa shape index (κ3) is 6.70. The standard InChI is InChI=1S/C29H27ClN2O4S/c1-20-9-15-25(17-21(20)2)32(37(3,34)35)19-22-10-12-23(13-11-22)29(33)31-27-18-24(30)14-16-28(27)36-26-7-5-4-6-8-26/h4-18H,19H2,1-3H3,(H,31,33). The lowest BCUT2D eigenvalue weighted by atomic mass is 10.1. The van der Waals surface area contributed by atoms with Crippen LogP contribution in [0.5, 0.6) is 11.5 Å². The van der Waals surface area contributed by atoms with Crippen LogP contribution in [0.4, 0.5) is 11.4 Å². The molecule has 1 N–H and O–H groups in total. The fraction of sp³-hybridized carbons (Fsp3) is 0.138. The number of sulfonamides is 1. The monoisotopic (exact) mass is 534 g/mol. The molecule has 1 amide bonds. The van der Waals surface area contributed by atoms with Crippen LogP contribution in [0, 0.1) is 13.8 Å². The maximum absolute atomic E-state index is 13.0. The van der Waals surface area contributed by atoms with Crippen molar-refractivity contribution in [2.24, 2.45) is 0 Å². The third-order valence-electron chi connectivity index (χ3n) is 5.88. The van der Waals surface area contributed by atoms with Gasteiger partial charge < -0.3 is 10.1 Å². The summed E-state index contributed by atoms with van der Waals surface area (Å²) in [4.78, 5) is 13.0. The number of nitrogens with zero attached hydrogens (tertiary/aromatic N) is 1. The van der Waals surface area contributed by atoms with Crippen molar-refractivity contribution in [2.75, 3.05) is 15.9 Å². The van der Waals surface area contributed by atoms with Gasteiger partial charge in [0.25, 0.3) is 5.91 Å². The van der Waals surface area contributed by atoms with Crippen LogP contribution in [-0.4, -0.2) is 20.6 Å². The highest BCUT2D eigenvalue weighted by Gasteiger charge is 2.19. The summed E-state index contributed by atoms with van der Waals surface area (Å²) in [6, 6.07) is 26.6. The molecule has 0 aliphatic rings. The molecule has 6 nitrogen and oxygen atoms in total. The van der Waals surface area contributed by atoms with Crippen molar-refractivity contribution in [3.05, 3.63) is 118 Å². The number of rotatable bonds is 8. The first-order valence-electron chi connectivity index (χ1n) is 11.6. The lowest BCUT2D eigenvalue weighted by Crippen LogP contribution is -2.29. The molecule has 0 atom stereocenters. The van der Waals surface area contributed by atoms with Crippen molar-refractivity contribution in [3.63, 3.8) is 0 Å². The summed E-state index contributed by atoms with van der Waals surface area (Å²) in [5.74, 6) is 0.738. The van der Waals surface area contributed by atoms with Gasteiger partial charge >= 0.3 is 0 Å². The largest absolute Gasteiger partial charge is 0.455 e. The number of carbonyl (C=O) groups excluding carboxylic acids is 1.